The first kappa shape index (κ1) is 20.5. The molecule has 7 nitrogen and oxygen atoms in total. The Morgan fingerprint density at radius 1 is 1.07 bits per heavy atom. The molecule has 29 heavy (non-hydrogen) atoms. The summed E-state index contributed by atoms with van der Waals surface area (Å²) in [6.45, 7) is 6.20. The molecule has 1 aliphatic heterocycles. The largest absolute Gasteiger partial charge is 0.486 e. The highest BCUT2D eigenvalue weighted by Gasteiger charge is 2.21. The summed E-state index contributed by atoms with van der Waals surface area (Å²) < 4.78 is 16.5. The van der Waals surface area contributed by atoms with Crippen LogP contribution >= 0.6 is 0 Å². The first-order valence-corrected chi connectivity index (χ1v) is 9.78. The molecule has 0 saturated heterocycles. The molecular weight excluding hydrogens is 372 g/mol. The highest BCUT2D eigenvalue weighted by Crippen LogP contribution is 2.30. The molecule has 2 aromatic rings. The average Bonchev–Trinajstić information content (AvgIpc) is 2.77. The Balaban J connectivity index is 1.42. The van der Waals surface area contributed by atoms with E-state index in [9.17, 15) is 9.59 Å². The molecule has 1 N–H and O–H groups in total. The van der Waals surface area contributed by atoms with Gasteiger partial charge in [-0.05, 0) is 50.2 Å². The molecule has 0 bridgehead atoms. The van der Waals surface area contributed by atoms with Crippen molar-refractivity contribution in [2.45, 2.75) is 20.0 Å². The number of para-hydroxylation sites is 2. The number of carbonyl (C=O) groups is 2. The van der Waals surface area contributed by atoms with Gasteiger partial charge in [0.15, 0.2) is 18.1 Å². The fourth-order valence-electron chi connectivity index (χ4n) is 3.05. The average molecular weight is 398 g/mol. The maximum Gasteiger partial charge on any atom is 0.338 e. The molecule has 1 atom stereocenters. The van der Waals surface area contributed by atoms with E-state index >= 15 is 0 Å². The summed E-state index contributed by atoms with van der Waals surface area (Å²) >= 11 is 0. The van der Waals surface area contributed by atoms with Crippen LogP contribution in [0.15, 0.2) is 48.5 Å². The third-order valence-corrected chi connectivity index (χ3v) is 4.66. The van der Waals surface area contributed by atoms with Crippen LogP contribution in [0.3, 0.4) is 0 Å². The number of nitrogens with one attached hydrogen (secondary N) is 1. The van der Waals surface area contributed by atoms with E-state index in [0.29, 0.717) is 23.7 Å². The van der Waals surface area contributed by atoms with Gasteiger partial charge in [-0.3, -0.25) is 4.79 Å². The van der Waals surface area contributed by atoms with Crippen molar-refractivity contribution in [2.75, 3.05) is 37.7 Å². The second-order valence-electron chi connectivity index (χ2n) is 6.60. The number of esters is 1. The molecule has 1 heterocycles. The summed E-state index contributed by atoms with van der Waals surface area (Å²) in [5.41, 5.74) is 1.45. The van der Waals surface area contributed by atoms with Crippen molar-refractivity contribution in [3.63, 3.8) is 0 Å². The first-order chi connectivity index (χ1) is 14.1. The van der Waals surface area contributed by atoms with Gasteiger partial charge in [0.25, 0.3) is 5.91 Å². The van der Waals surface area contributed by atoms with Crippen molar-refractivity contribution in [3.05, 3.63) is 54.1 Å². The molecule has 2 aromatic carbocycles. The predicted molar refractivity (Wildman–Crippen MR) is 110 cm³/mol. The number of rotatable bonds is 8. The second kappa shape index (κ2) is 9.82. The van der Waals surface area contributed by atoms with E-state index in [1.165, 1.54) is 0 Å². The number of amides is 1. The second-order valence-corrected chi connectivity index (χ2v) is 6.60. The minimum Gasteiger partial charge on any atom is -0.486 e. The zero-order valence-corrected chi connectivity index (χ0v) is 16.7. The van der Waals surface area contributed by atoms with Crippen LogP contribution in [0, 0.1) is 0 Å². The van der Waals surface area contributed by atoms with Crippen molar-refractivity contribution >= 4 is 17.6 Å². The predicted octanol–water partition coefficient (Wildman–Crippen LogP) is 2.65. The Labute approximate surface area is 170 Å². The van der Waals surface area contributed by atoms with E-state index in [1.807, 2.05) is 36.4 Å². The normalized spacial score (nSPS) is 14.8. The quantitative estimate of drug-likeness (QED) is 0.689. The zero-order valence-electron chi connectivity index (χ0n) is 16.7. The summed E-state index contributed by atoms with van der Waals surface area (Å²) in [5.74, 6) is 0.423. The molecule has 0 radical (unpaired) electrons. The minimum absolute atomic E-state index is 0.267. The van der Waals surface area contributed by atoms with Crippen molar-refractivity contribution < 1.29 is 23.8 Å². The van der Waals surface area contributed by atoms with Gasteiger partial charge in [0.1, 0.15) is 12.7 Å². The maximum atomic E-state index is 12.2. The number of carbonyl (C=O) groups excluding carboxylic acids is 2. The van der Waals surface area contributed by atoms with E-state index < -0.39 is 5.97 Å². The topological polar surface area (TPSA) is 77.1 Å². The van der Waals surface area contributed by atoms with E-state index in [1.54, 1.807) is 12.1 Å². The monoisotopic (exact) mass is 398 g/mol. The molecule has 7 heteroatoms. The molecule has 1 amide bonds. The molecule has 0 aliphatic carbocycles. The summed E-state index contributed by atoms with van der Waals surface area (Å²) in [6, 6.07) is 14.5. The molecule has 0 aromatic heterocycles. The van der Waals surface area contributed by atoms with Gasteiger partial charge >= 0.3 is 5.97 Å². The van der Waals surface area contributed by atoms with E-state index in [0.717, 1.165) is 18.8 Å². The molecule has 1 aliphatic rings. The lowest BCUT2D eigenvalue weighted by molar-refractivity contribution is -0.124. The van der Waals surface area contributed by atoms with Crippen molar-refractivity contribution in [3.8, 4) is 11.5 Å². The number of ether oxygens (including phenoxy) is 3. The van der Waals surface area contributed by atoms with Crippen LogP contribution in [0.2, 0.25) is 0 Å². The van der Waals surface area contributed by atoms with Gasteiger partial charge in [0.2, 0.25) is 0 Å². The Kier molecular flexibility index (Phi) is 6.94. The lowest BCUT2D eigenvalue weighted by Crippen LogP contribution is -2.42. The van der Waals surface area contributed by atoms with Gasteiger partial charge in [-0.1, -0.05) is 12.1 Å². The minimum atomic E-state index is -0.530. The van der Waals surface area contributed by atoms with Crippen LogP contribution in [0.4, 0.5) is 5.69 Å². The molecule has 3 rings (SSSR count). The van der Waals surface area contributed by atoms with Gasteiger partial charge in [-0.25, -0.2) is 4.79 Å². The Bertz CT molecular complexity index is 833. The Morgan fingerprint density at radius 2 is 1.76 bits per heavy atom. The Morgan fingerprint density at radius 3 is 2.45 bits per heavy atom. The number of nitrogens with zero attached hydrogens (tertiary/aromatic N) is 1. The van der Waals surface area contributed by atoms with Crippen LogP contribution in [-0.2, 0) is 9.53 Å². The highest BCUT2D eigenvalue weighted by molar-refractivity contribution is 5.91. The summed E-state index contributed by atoms with van der Waals surface area (Å²) in [7, 11) is 0. The zero-order chi connectivity index (χ0) is 20.6. The molecular formula is C22H26N2O5. The van der Waals surface area contributed by atoms with Gasteiger partial charge in [-0.2, -0.15) is 0 Å². The van der Waals surface area contributed by atoms with Gasteiger partial charge in [0, 0.05) is 18.8 Å². The van der Waals surface area contributed by atoms with Crippen molar-refractivity contribution in [1.29, 1.82) is 0 Å². The third-order valence-electron chi connectivity index (χ3n) is 4.66. The van der Waals surface area contributed by atoms with Crippen LogP contribution < -0.4 is 19.7 Å². The number of fused-ring (bicyclic) bond motifs is 1. The van der Waals surface area contributed by atoms with Crippen LogP contribution in [-0.4, -0.2) is 50.8 Å². The summed E-state index contributed by atoms with van der Waals surface area (Å²) in [4.78, 5) is 26.3. The third kappa shape index (κ3) is 5.40. The van der Waals surface area contributed by atoms with E-state index in [4.69, 9.17) is 14.2 Å². The lowest BCUT2D eigenvalue weighted by Gasteiger charge is -2.26. The molecule has 0 saturated carbocycles. The van der Waals surface area contributed by atoms with E-state index in [-0.39, 0.29) is 25.2 Å². The van der Waals surface area contributed by atoms with Crippen LogP contribution in [0.25, 0.3) is 0 Å². The van der Waals surface area contributed by atoms with Gasteiger partial charge < -0.3 is 24.4 Å². The molecule has 0 unspecified atom stereocenters. The lowest BCUT2D eigenvalue weighted by atomic mass is 10.2. The molecule has 154 valence electrons. The van der Waals surface area contributed by atoms with Gasteiger partial charge in [-0.15, -0.1) is 0 Å². The Hall–Kier alpha value is -3.22. The fraction of sp³-hybridized carbons (Fsp3) is 0.364. The summed E-state index contributed by atoms with van der Waals surface area (Å²) in [5, 5.41) is 2.70. The SMILES string of the molecule is CCN(CC)c1ccc(C(=O)OCC(=O)NC[C@@H]2COc3ccccc3O2)cc1. The smallest absolute Gasteiger partial charge is 0.338 e. The first-order valence-electron chi connectivity index (χ1n) is 9.78. The molecule has 0 spiro atoms. The summed E-state index contributed by atoms with van der Waals surface area (Å²) in [6.07, 6.45) is -0.294. The number of anilines is 1. The number of hydrogen-bond acceptors (Lipinski definition) is 6. The van der Waals surface area contributed by atoms with Crippen molar-refractivity contribution in [2.24, 2.45) is 0 Å². The van der Waals surface area contributed by atoms with Crippen LogP contribution in [0.5, 0.6) is 11.5 Å². The van der Waals surface area contributed by atoms with Gasteiger partial charge in [0.05, 0.1) is 12.1 Å². The molecule has 0 fully saturated rings. The van der Waals surface area contributed by atoms with E-state index in [2.05, 4.69) is 24.1 Å². The number of benzene rings is 2. The fourth-order valence-corrected chi connectivity index (χ4v) is 3.05. The van der Waals surface area contributed by atoms with Crippen molar-refractivity contribution in [1.82, 2.24) is 5.32 Å². The standard InChI is InChI=1S/C22H26N2O5/c1-3-24(4-2)17-11-9-16(10-12-17)22(26)28-15-21(25)23-13-18-14-27-19-7-5-6-8-20(19)29-18/h5-12,18H,3-4,13-15H2,1-2H3,(H,23,25)/t18-/m1/s1. The maximum absolute atomic E-state index is 12.2. The number of hydrogen-bond donors (Lipinski definition) is 1. The van der Waals surface area contributed by atoms with Crippen LogP contribution in [0.1, 0.15) is 24.2 Å². The highest BCUT2D eigenvalue weighted by atomic mass is 16.6.